The minimum Gasteiger partial charge on any atom is -0.486 e. The molecule has 0 saturated heterocycles. The monoisotopic (exact) mass is 742 g/mol. The van der Waals surface area contributed by atoms with Gasteiger partial charge in [0, 0.05) is 37.8 Å². The first-order chi connectivity index (χ1) is 20.2. The summed E-state index contributed by atoms with van der Waals surface area (Å²) in [5.41, 5.74) is 8.55. The van der Waals surface area contributed by atoms with Crippen molar-refractivity contribution in [2.45, 2.75) is 13.5 Å². The van der Waals surface area contributed by atoms with Gasteiger partial charge in [0.25, 0.3) is 5.91 Å². The van der Waals surface area contributed by atoms with Gasteiger partial charge < -0.3 is 10.1 Å². The van der Waals surface area contributed by atoms with E-state index in [0.717, 1.165) is 33.2 Å². The number of anilines is 2. The summed E-state index contributed by atoms with van der Waals surface area (Å²) < 4.78 is 7.39. The fraction of sp³-hybridized carbons (Fsp3) is 0.0645. The summed E-state index contributed by atoms with van der Waals surface area (Å²) in [4.78, 5) is 17.3. The normalized spacial score (nSPS) is 11.1. The Hall–Kier alpha value is -3.21. The van der Waals surface area contributed by atoms with E-state index in [1.165, 1.54) is 16.9 Å². The first-order valence-corrected chi connectivity index (χ1v) is 15.8. The standard InChI is InChI=1S/C31H22Br2Cl2N4O2S/c1-18-2-10-24(11-3-18)37-31-38-28(17-42-31)20-4-6-21(7-5-20)30(40)39-36-15-19-12-25(32)29(26(33)13-19)41-16-22-8-9-23(34)14-27(22)35/h2-15,17H,16H2,1H3,(H,37,38)(H,39,40)/b36-15-. The molecule has 2 N–H and O–H groups in total. The molecule has 0 unspecified atom stereocenters. The Kier molecular flexibility index (Phi) is 9.97. The molecule has 1 amide bonds. The number of carbonyl (C=O) groups excluding carboxylic acids is 1. The maximum absolute atomic E-state index is 12.7. The number of ether oxygens (including phenoxy) is 1. The number of amides is 1. The van der Waals surface area contributed by atoms with E-state index in [1.54, 1.807) is 30.5 Å². The first-order valence-electron chi connectivity index (χ1n) is 12.5. The van der Waals surface area contributed by atoms with Gasteiger partial charge in [-0.2, -0.15) is 5.10 Å². The number of hydrogen-bond acceptors (Lipinski definition) is 6. The van der Waals surface area contributed by atoms with Crippen LogP contribution in [0.5, 0.6) is 5.75 Å². The molecule has 0 atom stereocenters. The molecule has 0 spiro atoms. The third-order valence-electron chi connectivity index (χ3n) is 6.04. The number of hydrogen-bond donors (Lipinski definition) is 2. The second kappa shape index (κ2) is 13.8. The van der Waals surface area contributed by atoms with E-state index in [4.69, 9.17) is 27.9 Å². The van der Waals surface area contributed by atoms with E-state index < -0.39 is 0 Å². The lowest BCUT2D eigenvalue weighted by molar-refractivity contribution is 0.0955. The quantitative estimate of drug-likeness (QED) is 0.116. The molecule has 0 fully saturated rings. The van der Waals surface area contributed by atoms with Crippen molar-refractivity contribution < 1.29 is 9.53 Å². The molecule has 0 aliphatic heterocycles. The van der Waals surface area contributed by atoms with Gasteiger partial charge in [-0.15, -0.1) is 11.3 Å². The van der Waals surface area contributed by atoms with Crippen LogP contribution in [0, 0.1) is 6.92 Å². The number of thiazole rings is 1. The van der Waals surface area contributed by atoms with Crippen LogP contribution >= 0.6 is 66.4 Å². The van der Waals surface area contributed by atoms with E-state index in [0.29, 0.717) is 30.3 Å². The molecule has 0 saturated carbocycles. The first kappa shape index (κ1) is 30.3. The SMILES string of the molecule is Cc1ccc(Nc2nc(-c3ccc(C(=O)N/N=C\c4cc(Br)c(OCc5ccc(Cl)cc5Cl)c(Br)c4)cc3)cs2)cc1. The molecule has 4 aromatic carbocycles. The highest BCUT2D eigenvalue weighted by atomic mass is 79.9. The minimum atomic E-state index is -0.323. The highest BCUT2D eigenvalue weighted by molar-refractivity contribution is 9.11. The van der Waals surface area contributed by atoms with Crippen molar-refractivity contribution in [1.82, 2.24) is 10.4 Å². The molecule has 11 heteroatoms. The predicted octanol–water partition coefficient (Wildman–Crippen LogP) is 10.0. The summed E-state index contributed by atoms with van der Waals surface area (Å²) in [7, 11) is 0. The minimum absolute atomic E-state index is 0.267. The number of carbonyl (C=O) groups is 1. The largest absolute Gasteiger partial charge is 0.486 e. The molecule has 1 aromatic heterocycles. The summed E-state index contributed by atoms with van der Waals surface area (Å²) in [5, 5.41) is 11.3. The average molecular weight is 745 g/mol. The van der Waals surface area contributed by atoms with E-state index in [2.05, 4.69) is 71.7 Å². The molecule has 212 valence electrons. The number of rotatable bonds is 9. The van der Waals surface area contributed by atoms with Crippen LogP contribution in [0.15, 0.2) is 98.3 Å². The number of hydrazone groups is 1. The number of benzene rings is 4. The number of nitrogens with one attached hydrogen (secondary N) is 2. The van der Waals surface area contributed by atoms with Gasteiger partial charge in [0.2, 0.25) is 0 Å². The van der Waals surface area contributed by atoms with Crippen LogP contribution in [0.25, 0.3) is 11.3 Å². The zero-order valence-corrected chi connectivity index (χ0v) is 27.5. The van der Waals surface area contributed by atoms with Gasteiger partial charge in [-0.25, -0.2) is 10.4 Å². The van der Waals surface area contributed by atoms with E-state index in [1.807, 2.05) is 47.8 Å². The van der Waals surface area contributed by atoms with E-state index >= 15 is 0 Å². The highest BCUT2D eigenvalue weighted by Crippen LogP contribution is 2.35. The molecule has 0 bridgehead atoms. The Balaban J connectivity index is 1.17. The summed E-state index contributed by atoms with van der Waals surface area (Å²) in [6.45, 7) is 2.32. The topological polar surface area (TPSA) is 75.6 Å². The number of nitrogens with zero attached hydrogens (tertiary/aromatic N) is 2. The fourth-order valence-electron chi connectivity index (χ4n) is 3.83. The summed E-state index contributed by atoms with van der Waals surface area (Å²) >= 11 is 20.8. The highest BCUT2D eigenvalue weighted by Gasteiger charge is 2.12. The van der Waals surface area contributed by atoms with Crippen LogP contribution in [-0.2, 0) is 6.61 Å². The molecule has 0 aliphatic carbocycles. The zero-order chi connectivity index (χ0) is 29.6. The zero-order valence-electron chi connectivity index (χ0n) is 22.0. The van der Waals surface area contributed by atoms with Crippen LogP contribution in [-0.4, -0.2) is 17.1 Å². The van der Waals surface area contributed by atoms with Gasteiger partial charge in [-0.05, 0) is 92.9 Å². The average Bonchev–Trinajstić information content (AvgIpc) is 3.43. The molecule has 0 aliphatic rings. The fourth-order valence-corrected chi connectivity index (χ4v) is 6.48. The van der Waals surface area contributed by atoms with Crippen molar-refractivity contribution in [3.05, 3.63) is 125 Å². The van der Waals surface area contributed by atoms with Crippen LogP contribution in [0.3, 0.4) is 0 Å². The molecule has 6 nitrogen and oxygen atoms in total. The van der Waals surface area contributed by atoms with Crippen molar-refractivity contribution in [3.63, 3.8) is 0 Å². The van der Waals surface area contributed by atoms with Gasteiger partial charge in [0.05, 0.1) is 20.9 Å². The smallest absolute Gasteiger partial charge is 0.271 e. The third-order valence-corrected chi connectivity index (χ3v) is 8.56. The van der Waals surface area contributed by atoms with Gasteiger partial charge >= 0.3 is 0 Å². The van der Waals surface area contributed by atoms with Crippen LogP contribution in [0.1, 0.15) is 27.0 Å². The van der Waals surface area contributed by atoms with Gasteiger partial charge in [0.1, 0.15) is 12.4 Å². The lowest BCUT2D eigenvalue weighted by atomic mass is 10.1. The lowest BCUT2D eigenvalue weighted by Crippen LogP contribution is -2.17. The van der Waals surface area contributed by atoms with Crippen LogP contribution in [0.2, 0.25) is 10.0 Å². The van der Waals surface area contributed by atoms with Crippen molar-refractivity contribution >= 4 is 89.3 Å². The summed E-state index contributed by atoms with van der Waals surface area (Å²) in [6.07, 6.45) is 1.56. The maximum Gasteiger partial charge on any atom is 0.271 e. The Bertz CT molecular complexity index is 1740. The van der Waals surface area contributed by atoms with E-state index in [-0.39, 0.29) is 12.5 Å². The van der Waals surface area contributed by atoms with Gasteiger partial charge in [0.15, 0.2) is 5.13 Å². The van der Waals surface area contributed by atoms with Crippen molar-refractivity contribution in [3.8, 4) is 17.0 Å². The third kappa shape index (κ3) is 7.79. The molecule has 1 heterocycles. The Morgan fingerprint density at radius 2 is 1.71 bits per heavy atom. The maximum atomic E-state index is 12.7. The van der Waals surface area contributed by atoms with Crippen molar-refractivity contribution in [1.29, 1.82) is 0 Å². The Morgan fingerprint density at radius 3 is 2.40 bits per heavy atom. The second-order valence-corrected chi connectivity index (χ2v) is 12.6. The lowest BCUT2D eigenvalue weighted by Gasteiger charge is -2.12. The van der Waals surface area contributed by atoms with Gasteiger partial charge in [-0.3, -0.25) is 4.79 Å². The number of aromatic nitrogens is 1. The molecular formula is C31H22Br2Cl2N4O2S. The summed E-state index contributed by atoms with van der Waals surface area (Å²) in [6, 6.07) is 24.3. The van der Waals surface area contributed by atoms with Gasteiger partial charge in [-0.1, -0.05) is 59.1 Å². The number of halogens is 4. The van der Waals surface area contributed by atoms with Crippen LogP contribution < -0.4 is 15.5 Å². The Labute approximate surface area is 274 Å². The van der Waals surface area contributed by atoms with Crippen LogP contribution in [0.4, 0.5) is 10.8 Å². The molecular weight excluding hydrogens is 723 g/mol. The predicted molar refractivity (Wildman–Crippen MR) is 180 cm³/mol. The summed E-state index contributed by atoms with van der Waals surface area (Å²) in [5.74, 6) is 0.288. The molecule has 42 heavy (non-hydrogen) atoms. The molecule has 0 radical (unpaired) electrons. The second-order valence-electron chi connectivity index (χ2n) is 9.14. The number of aryl methyl sites for hydroxylation is 1. The van der Waals surface area contributed by atoms with E-state index in [9.17, 15) is 4.79 Å². The Morgan fingerprint density at radius 1 is 1.00 bits per heavy atom. The van der Waals surface area contributed by atoms with Crippen molar-refractivity contribution in [2.75, 3.05) is 5.32 Å². The van der Waals surface area contributed by atoms with Crippen molar-refractivity contribution in [2.24, 2.45) is 5.10 Å². The molecule has 5 aromatic rings. The molecule has 5 rings (SSSR count).